The van der Waals surface area contributed by atoms with Crippen LogP contribution in [0.3, 0.4) is 0 Å². The van der Waals surface area contributed by atoms with Gasteiger partial charge in [-0.3, -0.25) is 23.4 Å². The Morgan fingerprint density at radius 3 is 3.10 bits per heavy atom. The van der Waals surface area contributed by atoms with Crippen molar-refractivity contribution >= 4 is 19.4 Å². The molecule has 162 valence electrons. The van der Waals surface area contributed by atoms with Gasteiger partial charge in [-0.15, -0.1) is 0 Å². The van der Waals surface area contributed by atoms with Crippen LogP contribution in [0, 0.1) is 6.92 Å². The number of aromatic amines is 1. The molecule has 0 aliphatic carbocycles. The molecule has 30 heavy (non-hydrogen) atoms. The second kappa shape index (κ2) is 7.60. The molecule has 4 atom stereocenters. The topological polar surface area (TPSA) is 129 Å². The Morgan fingerprint density at radius 1 is 1.57 bits per heavy atom. The van der Waals surface area contributed by atoms with Crippen molar-refractivity contribution in [2.75, 3.05) is 6.56 Å². The van der Waals surface area contributed by atoms with Crippen LogP contribution in [0.5, 0.6) is 5.75 Å². The van der Waals surface area contributed by atoms with Gasteiger partial charge in [0.1, 0.15) is 18.4 Å². The van der Waals surface area contributed by atoms with Gasteiger partial charge in [0, 0.05) is 28.8 Å². The Kier molecular flexibility index (Phi) is 4.47. The third kappa shape index (κ3) is 4.09. The number of fused-ring (bicyclic) bond motifs is 1. The summed E-state index contributed by atoms with van der Waals surface area (Å²) in [6.45, 7) is -2.64. The predicted octanol–water partition coefficient (Wildman–Crippen LogP) is 2.18. The lowest BCUT2D eigenvalue weighted by Crippen LogP contribution is -2.37. The molecule has 13 heteroatoms. The zero-order valence-corrected chi connectivity index (χ0v) is 16.9. The lowest BCUT2D eigenvalue weighted by molar-refractivity contribution is -0.179. The summed E-state index contributed by atoms with van der Waals surface area (Å²) in [5.74, 6) is -3.57. The highest BCUT2D eigenvalue weighted by Gasteiger charge is 2.50. The van der Waals surface area contributed by atoms with Gasteiger partial charge in [-0.1, -0.05) is 11.6 Å². The molecule has 2 aliphatic heterocycles. The highest BCUT2D eigenvalue weighted by Crippen LogP contribution is 2.55. The predicted molar refractivity (Wildman–Crippen MR) is 101 cm³/mol. The van der Waals surface area contributed by atoms with E-state index in [1.54, 1.807) is 0 Å². The van der Waals surface area contributed by atoms with Gasteiger partial charge in [-0.05, 0) is 25.1 Å². The largest absolute Gasteiger partial charge is 0.530 e. The molecule has 0 amide bonds. The summed E-state index contributed by atoms with van der Waals surface area (Å²) in [5.41, 5.74) is -1.64. The van der Waals surface area contributed by atoms with Crippen LogP contribution in [0.2, 0.25) is 5.02 Å². The number of phosphoric acid groups is 1. The van der Waals surface area contributed by atoms with Crippen molar-refractivity contribution in [3.8, 4) is 5.75 Å². The van der Waals surface area contributed by atoms with Gasteiger partial charge in [0.15, 0.2) is 6.20 Å². The Bertz CT molecular complexity index is 1290. The first-order valence-electron chi connectivity index (χ1n) is 10.0. The van der Waals surface area contributed by atoms with Crippen LogP contribution >= 0.6 is 19.4 Å². The van der Waals surface area contributed by atoms with Crippen molar-refractivity contribution in [3.63, 3.8) is 0 Å². The number of ether oxygens (including phenoxy) is 1. The monoisotopic (exact) mass is 465 g/mol. The number of hydrogen-bond acceptors (Lipinski definition) is 8. The average Bonchev–Trinajstić information content (AvgIpc) is 2.95. The van der Waals surface area contributed by atoms with E-state index in [2.05, 4.69) is 0 Å². The summed E-state index contributed by atoms with van der Waals surface area (Å²) >= 11 is 5.86. The van der Waals surface area contributed by atoms with E-state index >= 15 is 4.39 Å². The third-order valence-electron chi connectivity index (χ3n) is 4.29. The molecule has 0 bridgehead atoms. The highest BCUT2D eigenvalue weighted by molar-refractivity contribution is 7.49. The van der Waals surface area contributed by atoms with Crippen LogP contribution in [0.25, 0.3) is 0 Å². The first kappa shape index (κ1) is 17.6. The lowest BCUT2D eigenvalue weighted by Gasteiger charge is -2.27. The molecule has 2 N–H and O–H groups in total. The number of nitrogens with one attached hydrogen (secondary N) is 1. The lowest BCUT2D eigenvalue weighted by atomic mass is 10.2. The number of hydrogen-bond donors (Lipinski definition) is 2. The summed E-state index contributed by atoms with van der Waals surface area (Å²) in [6, 6.07) is 4.21. The minimum absolute atomic E-state index is 0.00942. The van der Waals surface area contributed by atoms with Gasteiger partial charge >= 0.3 is 13.5 Å². The van der Waals surface area contributed by atoms with E-state index in [0.29, 0.717) is 15.2 Å². The second-order valence-electron chi connectivity index (χ2n) is 6.59. The third-order valence-corrected chi connectivity index (χ3v) is 5.70. The number of nitrogens with zero attached hydrogens (tertiary/aromatic N) is 1. The van der Waals surface area contributed by atoms with Crippen molar-refractivity contribution < 1.29 is 36.5 Å². The van der Waals surface area contributed by atoms with Crippen LogP contribution in [-0.2, 0) is 25.0 Å². The number of alkyl halides is 1. The number of H-pyrrole nitrogens is 1. The molecule has 1 unspecified atom stereocenters. The molecular weight excluding hydrogens is 446 g/mol. The van der Waals surface area contributed by atoms with E-state index in [-0.39, 0.29) is 17.9 Å². The van der Waals surface area contributed by atoms with E-state index in [1.165, 1.54) is 25.1 Å². The van der Waals surface area contributed by atoms with E-state index < -0.39 is 50.2 Å². The summed E-state index contributed by atoms with van der Waals surface area (Å²) < 4.78 is 73.0. The molecule has 0 spiro atoms. The second-order valence-corrected chi connectivity index (χ2v) is 8.54. The van der Waals surface area contributed by atoms with Crippen molar-refractivity contribution in [1.82, 2.24) is 9.55 Å². The molecule has 1 aromatic heterocycles. The SMILES string of the molecule is [2H]C([2H])(OP1(=O)OCc2cc(Cl)ccc2O1)[C@]1(F)C[C@@H](O)[C@]([2H])(n2cc(C)c(=O)[nH]c2=O)O1. The highest BCUT2D eigenvalue weighted by atomic mass is 35.5. The minimum Gasteiger partial charge on any atom is -0.404 e. The first-order valence-corrected chi connectivity index (χ1v) is 10.4. The van der Waals surface area contributed by atoms with E-state index in [0.717, 1.165) is 6.20 Å². The molecule has 3 heterocycles. The van der Waals surface area contributed by atoms with Crippen molar-refractivity contribution in [2.24, 2.45) is 0 Å². The molecule has 1 fully saturated rings. The maximum absolute atomic E-state index is 15.7. The summed E-state index contributed by atoms with van der Waals surface area (Å²) in [5, 5.41) is 10.7. The van der Waals surface area contributed by atoms with Crippen molar-refractivity contribution in [2.45, 2.75) is 38.1 Å². The number of aliphatic hydroxyl groups is 1. The van der Waals surface area contributed by atoms with Gasteiger partial charge in [0.05, 0.1) is 10.7 Å². The maximum atomic E-state index is 15.7. The van der Waals surface area contributed by atoms with Crippen LogP contribution < -0.4 is 15.8 Å². The Labute approximate surface area is 177 Å². The van der Waals surface area contributed by atoms with Crippen LogP contribution in [0.1, 0.15) is 27.9 Å². The molecule has 1 aromatic carbocycles. The number of aliphatic hydroxyl groups excluding tert-OH is 1. The number of phosphoric ester groups is 1. The standard InChI is InChI=1S/C17H17ClFN2O8P/c1-9-6-21(16(24)20-14(9)23)15-12(22)5-17(19,28-15)8-27-30(25)26-7-10-4-11(18)2-3-13(10)29-30/h2-4,6,12,15,22H,5,7-8H2,1H3,(H,20,23,24)/t12-,15-,17+,30?/m1/s1/i8D2,15D. The smallest absolute Gasteiger partial charge is 0.404 e. The van der Waals surface area contributed by atoms with Crippen molar-refractivity contribution in [1.29, 1.82) is 0 Å². The summed E-state index contributed by atoms with van der Waals surface area (Å²) in [4.78, 5) is 25.6. The van der Waals surface area contributed by atoms with Crippen LogP contribution in [-0.4, -0.2) is 33.2 Å². The summed E-state index contributed by atoms with van der Waals surface area (Å²) in [6.07, 6.45) is -5.32. The average molecular weight is 466 g/mol. The Hall–Kier alpha value is -2.01. The molecule has 0 radical (unpaired) electrons. The molecule has 10 nitrogen and oxygen atoms in total. The fraction of sp³-hybridized carbons (Fsp3) is 0.412. The van der Waals surface area contributed by atoms with Gasteiger partial charge in [0.25, 0.3) is 5.56 Å². The number of aryl methyl sites for hydroxylation is 1. The fourth-order valence-corrected chi connectivity index (χ4v) is 4.13. The number of aromatic nitrogens is 2. The van der Waals surface area contributed by atoms with Crippen LogP contribution in [0.4, 0.5) is 4.39 Å². The minimum atomic E-state index is -4.73. The van der Waals surface area contributed by atoms with E-state index in [9.17, 15) is 19.3 Å². The van der Waals surface area contributed by atoms with Gasteiger partial charge in [-0.2, -0.15) is 0 Å². The first-order chi connectivity index (χ1) is 15.2. The molecule has 0 saturated carbocycles. The zero-order chi connectivity index (χ0) is 24.4. The quantitative estimate of drug-likeness (QED) is 0.657. The molecule has 2 aliphatic rings. The van der Waals surface area contributed by atoms with Crippen LogP contribution in [0.15, 0.2) is 34.0 Å². The number of benzene rings is 1. The number of halogens is 2. The van der Waals surface area contributed by atoms with Crippen molar-refractivity contribution in [3.05, 3.63) is 61.4 Å². The number of rotatable bonds is 4. The van der Waals surface area contributed by atoms with E-state index in [4.69, 9.17) is 34.0 Å². The van der Waals surface area contributed by atoms with Gasteiger partial charge < -0.3 is 14.4 Å². The molecule has 1 saturated heterocycles. The summed E-state index contributed by atoms with van der Waals surface area (Å²) in [7, 11) is -4.73. The van der Waals surface area contributed by atoms with Gasteiger partial charge in [0.2, 0.25) is 5.85 Å². The molecule has 4 rings (SSSR count). The van der Waals surface area contributed by atoms with Gasteiger partial charge in [-0.25, -0.2) is 13.8 Å². The molecular formula is C17H17ClFN2O8P. The van der Waals surface area contributed by atoms with E-state index in [1.807, 2.05) is 4.98 Å². The molecule has 2 aromatic rings. The Balaban J connectivity index is 1.63. The normalized spacial score (nSPS) is 35.1. The fourth-order valence-electron chi connectivity index (χ4n) is 2.83. The zero-order valence-electron chi connectivity index (χ0n) is 18.3. The Morgan fingerprint density at radius 2 is 2.33 bits per heavy atom. The maximum Gasteiger partial charge on any atom is 0.530 e.